The highest BCUT2D eigenvalue weighted by Crippen LogP contribution is 2.50. The van der Waals surface area contributed by atoms with E-state index in [0.717, 1.165) is 6.42 Å². The lowest BCUT2D eigenvalue weighted by Crippen LogP contribution is -2.46. The van der Waals surface area contributed by atoms with Crippen LogP contribution in [0.3, 0.4) is 0 Å². The van der Waals surface area contributed by atoms with Crippen molar-refractivity contribution in [2.75, 3.05) is 13.3 Å². The van der Waals surface area contributed by atoms with Crippen LogP contribution in [0.15, 0.2) is 24.7 Å². The van der Waals surface area contributed by atoms with Crippen molar-refractivity contribution in [2.45, 2.75) is 30.8 Å². The molecule has 1 amide bonds. The van der Waals surface area contributed by atoms with Gasteiger partial charge in [0.25, 0.3) is 5.91 Å². The number of fused-ring (bicyclic) bond motifs is 2. The van der Waals surface area contributed by atoms with Gasteiger partial charge in [0.1, 0.15) is 24.3 Å². The maximum absolute atomic E-state index is 11.3. The summed E-state index contributed by atoms with van der Waals surface area (Å²) in [4.78, 5) is 13.0. The number of aliphatic hydroxyl groups is 1. The molecule has 7 nitrogen and oxygen atoms in total. The first-order chi connectivity index (χ1) is 9.93. The van der Waals surface area contributed by atoms with Gasteiger partial charge in [-0.1, -0.05) is 6.58 Å². The monoisotopic (exact) mass is 313 g/mol. The molecule has 0 spiro atoms. The van der Waals surface area contributed by atoms with E-state index in [4.69, 9.17) is 9.26 Å². The van der Waals surface area contributed by atoms with E-state index in [0.29, 0.717) is 12.2 Å². The Morgan fingerprint density at radius 1 is 1.71 bits per heavy atom. The molecule has 8 heteroatoms. The second-order valence-electron chi connectivity index (χ2n) is 5.59. The van der Waals surface area contributed by atoms with Gasteiger partial charge in [-0.05, 0) is 17.4 Å². The molecular formula is C13H18N2O5P+. The summed E-state index contributed by atoms with van der Waals surface area (Å²) in [7, 11) is -1.74. The summed E-state index contributed by atoms with van der Waals surface area (Å²) < 4.78 is 22.4. The predicted molar refractivity (Wildman–Crippen MR) is 74.1 cm³/mol. The normalized spacial score (nSPS) is 38.9. The highest BCUT2D eigenvalue weighted by molar-refractivity contribution is 7.38. The minimum atomic E-state index is -1.74. The summed E-state index contributed by atoms with van der Waals surface area (Å²) in [5.41, 5.74) is -0.827. The van der Waals surface area contributed by atoms with Crippen LogP contribution in [-0.2, 0) is 18.6 Å². The molecule has 114 valence electrons. The van der Waals surface area contributed by atoms with Gasteiger partial charge in [-0.2, -0.15) is 0 Å². The predicted octanol–water partition coefficient (Wildman–Crippen LogP) is 0.658. The third kappa shape index (κ3) is 2.40. The van der Waals surface area contributed by atoms with Crippen LogP contribution in [0.1, 0.15) is 12.8 Å². The third-order valence-electron chi connectivity index (χ3n) is 4.30. The van der Waals surface area contributed by atoms with Crippen LogP contribution < -0.4 is 5.32 Å². The average molecular weight is 313 g/mol. The molecule has 0 aromatic carbocycles. The van der Waals surface area contributed by atoms with Gasteiger partial charge in [-0.25, -0.2) is 0 Å². The SMILES string of the molecule is C=C1NC(=O)C=CN1[C@@H]1O[C@@]2(CO[P+](C)=O)CC[C@@H]1[C@@H]2O. The lowest BCUT2D eigenvalue weighted by molar-refractivity contribution is -0.144. The fraction of sp³-hybridized carbons (Fsp3) is 0.615. The molecule has 21 heavy (non-hydrogen) atoms. The molecule has 2 bridgehead atoms. The smallest absolute Gasteiger partial charge is 0.390 e. The topological polar surface area (TPSA) is 88.1 Å². The minimum Gasteiger partial charge on any atom is -0.390 e. The first kappa shape index (κ1) is 14.7. The Morgan fingerprint density at radius 3 is 3.14 bits per heavy atom. The second-order valence-corrected chi connectivity index (χ2v) is 6.73. The summed E-state index contributed by atoms with van der Waals surface area (Å²) in [5, 5.41) is 13.1. The number of rotatable bonds is 4. The molecule has 3 aliphatic rings. The van der Waals surface area contributed by atoms with Gasteiger partial charge in [-0.15, -0.1) is 4.52 Å². The van der Waals surface area contributed by atoms with Crippen molar-refractivity contribution in [1.29, 1.82) is 0 Å². The number of nitrogens with one attached hydrogen (secondary N) is 1. The zero-order valence-electron chi connectivity index (χ0n) is 11.7. The van der Waals surface area contributed by atoms with Crippen molar-refractivity contribution in [3.05, 3.63) is 24.7 Å². The van der Waals surface area contributed by atoms with Crippen LogP contribution in [0.2, 0.25) is 0 Å². The largest absolute Gasteiger partial charge is 0.504 e. The Balaban J connectivity index is 1.78. The van der Waals surface area contributed by atoms with E-state index in [9.17, 15) is 14.5 Å². The number of hydrogen-bond donors (Lipinski definition) is 2. The molecule has 1 saturated heterocycles. The fourth-order valence-electron chi connectivity index (χ4n) is 3.24. The van der Waals surface area contributed by atoms with E-state index < -0.39 is 26.0 Å². The number of amides is 1. The Labute approximate surface area is 123 Å². The number of hydrogen-bond acceptors (Lipinski definition) is 6. The van der Waals surface area contributed by atoms with Crippen LogP contribution in [0.5, 0.6) is 0 Å². The maximum atomic E-state index is 11.3. The molecule has 2 N–H and O–H groups in total. The molecule has 2 heterocycles. The summed E-state index contributed by atoms with van der Waals surface area (Å²) in [6, 6.07) is 0. The molecule has 5 atom stereocenters. The highest BCUT2D eigenvalue weighted by Gasteiger charge is 2.62. The molecule has 0 radical (unpaired) electrons. The van der Waals surface area contributed by atoms with E-state index in [-0.39, 0.29) is 18.4 Å². The van der Waals surface area contributed by atoms with Crippen LogP contribution in [0.4, 0.5) is 0 Å². The van der Waals surface area contributed by atoms with Crippen molar-refractivity contribution in [3.63, 3.8) is 0 Å². The average Bonchev–Trinajstić information content (AvgIpc) is 2.87. The first-order valence-electron chi connectivity index (χ1n) is 6.79. The third-order valence-corrected chi connectivity index (χ3v) is 4.79. The molecule has 0 aromatic rings. The zero-order valence-corrected chi connectivity index (χ0v) is 12.6. The molecule has 1 saturated carbocycles. The van der Waals surface area contributed by atoms with Gasteiger partial charge in [0.05, 0.1) is 6.10 Å². The van der Waals surface area contributed by atoms with Crippen LogP contribution >= 0.6 is 8.03 Å². The molecule has 0 aromatic heterocycles. The molecule has 1 aliphatic carbocycles. The van der Waals surface area contributed by atoms with Crippen molar-refractivity contribution < 1.29 is 23.7 Å². The highest BCUT2D eigenvalue weighted by atomic mass is 31.1. The fourth-order valence-corrected chi connectivity index (χ4v) is 3.64. The molecule has 1 unspecified atom stereocenters. The van der Waals surface area contributed by atoms with Gasteiger partial charge in [0, 0.05) is 18.2 Å². The lowest BCUT2D eigenvalue weighted by atomic mass is 10.0. The first-order valence-corrected chi connectivity index (χ1v) is 8.41. The van der Waals surface area contributed by atoms with Crippen molar-refractivity contribution in [3.8, 4) is 0 Å². The Kier molecular flexibility index (Phi) is 3.61. The van der Waals surface area contributed by atoms with Crippen molar-refractivity contribution in [2.24, 2.45) is 5.92 Å². The van der Waals surface area contributed by atoms with Crippen LogP contribution in [0, 0.1) is 5.92 Å². The van der Waals surface area contributed by atoms with Gasteiger partial charge in [0.15, 0.2) is 6.66 Å². The van der Waals surface area contributed by atoms with Gasteiger partial charge >= 0.3 is 8.03 Å². The van der Waals surface area contributed by atoms with E-state index in [2.05, 4.69) is 11.9 Å². The van der Waals surface area contributed by atoms with E-state index in [1.54, 1.807) is 11.1 Å². The summed E-state index contributed by atoms with van der Waals surface area (Å²) >= 11 is 0. The van der Waals surface area contributed by atoms with E-state index >= 15 is 0 Å². The number of carbonyl (C=O) groups excluding carboxylic acids is 1. The summed E-state index contributed by atoms with van der Waals surface area (Å²) in [6.45, 7) is 5.37. The minimum absolute atomic E-state index is 0.0975. The van der Waals surface area contributed by atoms with Crippen LogP contribution in [-0.4, -0.2) is 47.1 Å². The van der Waals surface area contributed by atoms with Crippen molar-refractivity contribution >= 4 is 13.9 Å². The number of ether oxygens (including phenoxy) is 1. The van der Waals surface area contributed by atoms with Crippen molar-refractivity contribution in [1.82, 2.24) is 10.2 Å². The Morgan fingerprint density at radius 2 is 2.48 bits per heavy atom. The molecule has 2 fully saturated rings. The lowest BCUT2D eigenvalue weighted by Gasteiger charge is -2.37. The van der Waals surface area contributed by atoms with E-state index in [1.165, 1.54) is 12.7 Å². The number of nitrogens with zero attached hydrogens (tertiary/aromatic N) is 1. The second kappa shape index (κ2) is 5.18. The van der Waals surface area contributed by atoms with Crippen LogP contribution in [0.25, 0.3) is 0 Å². The maximum Gasteiger partial charge on any atom is 0.504 e. The number of aliphatic hydroxyl groups excluding tert-OH is 1. The van der Waals surface area contributed by atoms with Gasteiger partial charge in [-0.3, -0.25) is 4.79 Å². The Hall–Kier alpha value is -1.27. The quantitative estimate of drug-likeness (QED) is 0.741. The Bertz CT molecular complexity index is 537. The standard InChI is InChI=1S/C13H17N2O5P/c1-8-14-10(16)4-6-15(8)12-9-3-5-13(20-12,11(9)17)7-19-21(2)18/h4,6,9,11-12,17H,1,3,5,7H2,2H3/p+1/t9-,11+,12-,13-/m1/s1. The molecule has 2 aliphatic heterocycles. The van der Waals surface area contributed by atoms with E-state index in [1.807, 2.05) is 0 Å². The molecular weight excluding hydrogens is 295 g/mol. The van der Waals surface area contributed by atoms with Gasteiger partial charge < -0.3 is 20.1 Å². The molecule has 3 rings (SSSR count). The summed E-state index contributed by atoms with van der Waals surface area (Å²) in [6.07, 6.45) is 3.35. The zero-order chi connectivity index (χ0) is 15.2. The number of carbonyl (C=O) groups is 1. The summed E-state index contributed by atoms with van der Waals surface area (Å²) in [5.74, 6) is 0.0885. The van der Waals surface area contributed by atoms with Gasteiger partial charge in [0.2, 0.25) is 0 Å².